The van der Waals surface area contributed by atoms with Crippen LogP contribution >= 0.6 is 0 Å². The predicted octanol–water partition coefficient (Wildman–Crippen LogP) is 4.63. The molecule has 0 saturated carbocycles. The van der Waals surface area contributed by atoms with Crippen molar-refractivity contribution in [3.8, 4) is 11.3 Å². The molecule has 2 aromatic heterocycles. The van der Waals surface area contributed by atoms with Gasteiger partial charge >= 0.3 is 6.09 Å². The van der Waals surface area contributed by atoms with Gasteiger partial charge in [-0.05, 0) is 57.2 Å². The molecule has 0 amide bonds. The maximum atomic E-state index is 13.5. The van der Waals surface area contributed by atoms with Crippen LogP contribution in [0.5, 0.6) is 0 Å². The summed E-state index contributed by atoms with van der Waals surface area (Å²) in [4.78, 5) is 16.7. The van der Waals surface area contributed by atoms with Crippen LogP contribution in [0.25, 0.3) is 22.2 Å². The molecule has 0 bridgehead atoms. The normalized spacial score (nSPS) is 11.7. The van der Waals surface area contributed by atoms with E-state index in [9.17, 15) is 9.18 Å². The first-order valence-electron chi connectivity index (χ1n) is 7.30. The molecular formula is C18H17FN2O2. The fraction of sp³-hybridized carbons (Fsp3) is 0.222. The number of rotatable bonds is 1. The molecule has 0 fully saturated rings. The summed E-state index contributed by atoms with van der Waals surface area (Å²) >= 11 is 0. The van der Waals surface area contributed by atoms with Crippen molar-refractivity contribution in [2.75, 3.05) is 0 Å². The highest BCUT2D eigenvalue weighted by molar-refractivity contribution is 5.96. The van der Waals surface area contributed by atoms with Gasteiger partial charge < -0.3 is 4.74 Å². The summed E-state index contributed by atoms with van der Waals surface area (Å²) in [7, 11) is 0. The van der Waals surface area contributed by atoms with Crippen molar-refractivity contribution in [1.82, 2.24) is 9.55 Å². The van der Waals surface area contributed by atoms with E-state index in [4.69, 9.17) is 4.74 Å². The molecule has 0 saturated heterocycles. The predicted molar refractivity (Wildman–Crippen MR) is 86.8 cm³/mol. The first-order chi connectivity index (χ1) is 10.8. The molecule has 0 unspecified atom stereocenters. The number of benzene rings is 1. The molecule has 0 N–H and O–H groups in total. The van der Waals surface area contributed by atoms with Crippen LogP contribution in [0.15, 0.2) is 48.8 Å². The van der Waals surface area contributed by atoms with Crippen molar-refractivity contribution >= 4 is 17.0 Å². The van der Waals surface area contributed by atoms with Gasteiger partial charge in [-0.15, -0.1) is 0 Å². The van der Waals surface area contributed by atoms with Gasteiger partial charge in [0.25, 0.3) is 0 Å². The van der Waals surface area contributed by atoms with Gasteiger partial charge in [0.2, 0.25) is 0 Å². The largest absolute Gasteiger partial charge is 0.443 e. The summed E-state index contributed by atoms with van der Waals surface area (Å²) < 4.78 is 20.5. The lowest BCUT2D eigenvalue weighted by atomic mass is 10.2. The van der Waals surface area contributed by atoms with E-state index in [1.54, 1.807) is 51.4 Å². The topological polar surface area (TPSA) is 44.1 Å². The Kier molecular flexibility index (Phi) is 3.64. The lowest BCUT2D eigenvalue weighted by molar-refractivity contribution is 0.0547. The summed E-state index contributed by atoms with van der Waals surface area (Å²) in [6, 6.07) is 9.70. The van der Waals surface area contributed by atoms with E-state index in [0.717, 1.165) is 5.56 Å². The van der Waals surface area contributed by atoms with Gasteiger partial charge in [-0.25, -0.2) is 13.8 Å². The molecule has 0 aliphatic carbocycles. The summed E-state index contributed by atoms with van der Waals surface area (Å²) in [5.74, 6) is -0.350. The smallest absolute Gasteiger partial charge is 0.419 e. The van der Waals surface area contributed by atoms with Gasteiger partial charge in [0.05, 0.1) is 11.2 Å². The third-order valence-corrected chi connectivity index (χ3v) is 3.30. The van der Waals surface area contributed by atoms with Crippen LogP contribution in [0.1, 0.15) is 20.8 Å². The van der Waals surface area contributed by atoms with Crippen molar-refractivity contribution in [2.24, 2.45) is 0 Å². The third-order valence-electron chi connectivity index (χ3n) is 3.30. The SMILES string of the molecule is CC(C)(C)OC(=O)n1c(-c2cccnc2)cc2cc(F)ccc21. The summed E-state index contributed by atoms with van der Waals surface area (Å²) in [6.07, 6.45) is 2.81. The van der Waals surface area contributed by atoms with Gasteiger partial charge in [0.1, 0.15) is 11.4 Å². The number of hydrogen-bond donors (Lipinski definition) is 0. The van der Waals surface area contributed by atoms with Crippen molar-refractivity contribution in [3.63, 3.8) is 0 Å². The minimum absolute atomic E-state index is 0.350. The fourth-order valence-electron chi connectivity index (χ4n) is 2.42. The van der Waals surface area contributed by atoms with Crippen LogP contribution in [0.3, 0.4) is 0 Å². The molecular weight excluding hydrogens is 295 g/mol. The number of pyridine rings is 1. The monoisotopic (exact) mass is 312 g/mol. The lowest BCUT2D eigenvalue weighted by Crippen LogP contribution is -2.27. The molecule has 5 heteroatoms. The zero-order valence-electron chi connectivity index (χ0n) is 13.2. The van der Waals surface area contributed by atoms with E-state index in [1.165, 1.54) is 16.7 Å². The third kappa shape index (κ3) is 3.08. The van der Waals surface area contributed by atoms with Gasteiger partial charge in [-0.1, -0.05) is 0 Å². The molecule has 0 atom stereocenters. The van der Waals surface area contributed by atoms with E-state index < -0.39 is 11.7 Å². The molecule has 23 heavy (non-hydrogen) atoms. The zero-order valence-corrected chi connectivity index (χ0v) is 13.2. The second-order valence-corrected chi connectivity index (χ2v) is 6.29. The summed E-state index contributed by atoms with van der Waals surface area (Å²) in [5, 5.41) is 0.634. The minimum atomic E-state index is -0.625. The average Bonchev–Trinajstić information content (AvgIpc) is 2.85. The Hall–Kier alpha value is -2.69. The molecule has 0 radical (unpaired) electrons. The molecule has 3 aromatic rings. The van der Waals surface area contributed by atoms with E-state index >= 15 is 0 Å². The maximum absolute atomic E-state index is 13.5. The number of fused-ring (bicyclic) bond motifs is 1. The number of carbonyl (C=O) groups excluding carboxylic acids is 1. The molecule has 0 spiro atoms. The van der Waals surface area contributed by atoms with Gasteiger partial charge in [0.15, 0.2) is 0 Å². The van der Waals surface area contributed by atoms with E-state index in [0.29, 0.717) is 16.6 Å². The Balaban J connectivity index is 2.22. The second kappa shape index (κ2) is 5.50. The Bertz CT molecular complexity index is 864. The molecule has 0 aliphatic heterocycles. The highest BCUT2D eigenvalue weighted by atomic mass is 19.1. The number of aromatic nitrogens is 2. The van der Waals surface area contributed by atoms with Crippen molar-refractivity contribution in [3.05, 3.63) is 54.6 Å². The Labute approximate surface area is 133 Å². The minimum Gasteiger partial charge on any atom is -0.443 e. The number of hydrogen-bond acceptors (Lipinski definition) is 3. The zero-order chi connectivity index (χ0) is 16.6. The fourth-order valence-corrected chi connectivity index (χ4v) is 2.42. The second-order valence-electron chi connectivity index (χ2n) is 6.29. The molecule has 118 valence electrons. The van der Waals surface area contributed by atoms with Crippen LogP contribution < -0.4 is 0 Å². The van der Waals surface area contributed by atoms with Gasteiger partial charge in [-0.2, -0.15) is 0 Å². The molecule has 4 nitrogen and oxygen atoms in total. The van der Waals surface area contributed by atoms with Crippen LogP contribution in [0, 0.1) is 5.82 Å². The molecule has 3 rings (SSSR count). The standard InChI is InChI=1S/C18H17FN2O2/c1-18(2,3)23-17(22)21-15-7-6-14(19)9-13(15)10-16(21)12-5-4-8-20-11-12/h4-11H,1-3H3. The quantitative estimate of drug-likeness (QED) is 0.658. The number of carbonyl (C=O) groups is 1. The van der Waals surface area contributed by atoms with Gasteiger partial charge in [-0.3, -0.25) is 4.98 Å². The first-order valence-corrected chi connectivity index (χ1v) is 7.30. The molecule has 2 heterocycles. The highest BCUT2D eigenvalue weighted by Gasteiger charge is 2.23. The van der Waals surface area contributed by atoms with E-state index in [-0.39, 0.29) is 5.82 Å². The maximum Gasteiger partial charge on any atom is 0.419 e. The van der Waals surface area contributed by atoms with E-state index in [1.807, 2.05) is 6.07 Å². The van der Waals surface area contributed by atoms with Crippen molar-refractivity contribution in [2.45, 2.75) is 26.4 Å². The van der Waals surface area contributed by atoms with Crippen molar-refractivity contribution < 1.29 is 13.9 Å². The molecule has 0 aliphatic rings. The first kappa shape index (κ1) is 15.2. The highest BCUT2D eigenvalue weighted by Crippen LogP contribution is 2.29. The summed E-state index contributed by atoms with van der Waals surface area (Å²) in [5.41, 5.74) is 1.35. The average molecular weight is 312 g/mol. The number of nitrogens with zero attached hydrogens (tertiary/aromatic N) is 2. The summed E-state index contributed by atoms with van der Waals surface area (Å²) in [6.45, 7) is 5.42. The van der Waals surface area contributed by atoms with Gasteiger partial charge in [0, 0.05) is 23.3 Å². The van der Waals surface area contributed by atoms with Crippen LogP contribution in [-0.4, -0.2) is 21.2 Å². The number of halogens is 1. The van der Waals surface area contributed by atoms with Crippen LogP contribution in [0.2, 0.25) is 0 Å². The van der Waals surface area contributed by atoms with Crippen LogP contribution in [0.4, 0.5) is 9.18 Å². The van der Waals surface area contributed by atoms with E-state index in [2.05, 4.69) is 4.98 Å². The van der Waals surface area contributed by atoms with Crippen molar-refractivity contribution in [1.29, 1.82) is 0 Å². The lowest BCUT2D eigenvalue weighted by Gasteiger charge is -2.21. The number of ether oxygens (including phenoxy) is 1. The Morgan fingerprint density at radius 2 is 2.00 bits per heavy atom. The molecule has 1 aromatic carbocycles. The Morgan fingerprint density at radius 3 is 2.65 bits per heavy atom. The van der Waals surface area contributed by atoms with Crippen LogP contribution in [-0.2, 0) is 4.74 Å². The Morgan fingerprint density at radius 1 is 1.22 bits per heavy atom.